The van der Waals surface area contributed by atoms with Crippen molar-refractivity contribution in [2.75, 3.05) is 11.1 Å². The number of nitrogens with two attached hydrogens (primary N) is 1. The highest BCUT2D eigenvalue weighted by atomic mass is 32.1. The second-order valence-electron chi connectivity index (χ2n) is 6.14. The van der Waals surface area contributed by atoms with Crippen LogP contribution in [0.15, 0.2) is 47.8 Å². The Hall–Kier alpha value is -2.70. The van der Waals surface area contributed by atoms with Gasteiger partial charge in [-0.3, -0.25) is 4.79 Å². The van der Waals surface area contributed by atoms with E-state index >= 15 is 0 Å². The fraction of sp³-hybridized carbons (Fsp3) is 0.100. The Labute approximate surface area is 159 Å². The highest BCUT2D eigenvalue weighted by Gasteiger charge is 2.18. The number of aromatic nitrogens is 1. The highest BCUT2D eigenvalue weighted by molar-refractivity contribution is 7.21. The third kappa shape index (κ3) is 2.98. The lowest BCUT2D eigenvalue weighted by atomic mass is 10.1. The zero-order valence-electron chi connectivity index (χ0n) is 14.4. The van der Waals surface area contributed by atoms with Gasteiger partial charge >= 0.3 is 0 Å². The zero-order valence-corrected chi connectivity index (χ0v) is 16.0. The van der Waals surface area contributed by atoms with Gasteiger partial charge in [0.15, 0.2) is 0 Å². The van der Waals surface area contributed by atoms with Crippen LogP contribution < -0.4 is 11.1 Å². The first-order valence-electron chi connectivity index (χ1n) is 8.14. The summed E-state index contributed by atoms with van der Waals surface area (Å²) in [5.41, 5.74) is 10.5. The quantitative estimate of drug-likeness (QED) is 0.495. The summed E-state index contributed by atoms with van der Waals surface area (Å²) in [7, 11) is 0. The molecule has 1 amide bonds. The van der Waals surface area contributed by atoms with Gasteiger partial charge in [-0.25, -0.2) is 4.98 Å². The molecular weight excluding hydrogens is 362 g/mol. The number of nitrogen functional groups attached to an aromatic ring is 1. The second kappa shape index (κ2) is 6.55. The van der Waals surface area contributed by atoms with Gasteiger partial charge in [0.2, 0.25) is 0 Å². The average molecular weight is 380 g/mol. The third-order valence-electron chi connectivity index (χ3n) is 4.21. The topological polar surface area (TPSA) is 68.0 Å². The van der Waals surface area contributed by atoms with E-state index in [9.17, 15) is 4.79 Å². The highest BCUT2D eigenvalue weighted by Crippen LogP contribution is 2.35. The van der Waals surface area contributed by atoms with Crippen molar-refractivity contribution < 1.29 is 4.79 Å². The number of anilines is 2. The van der Waals surface area contributed by atoms with Gasteiger partial charge in [-0.1, -0.05) is 18.2 Å². The van der Waals surface area contributed by atoms with E-state index in [1.807, 2.05) is 61.7 Å². The summed E-state index contributed by atoms with van der Waals surface area (Å²) in [5.74, 6) is -0.197. The number of amides is 1. The van der Waals surface area contributed by atoms with Crippen molar-refractivity contribution in [3.8, 4) is 10.6 Å². The Balaban J connectivity index is 1.71. The number of carbonyl (C=O) groups excluding carboxylic acids is 1. The van der Waals surface area contributed by atoms with Gasteiger partial charge in [0, 0.05) is 11.1 Å². The van der Waals surface area contributed by atoms with Crippen LogP contribution in [0.4, 0.5) is 11.4 Å². The summed E-state index contributed by atoms with van der Waals surface area (Å²) in [5, 5.41) is 5.82. The molecule has 6 heteroatoms. The fourth-order valence-electron chi connectivity index (χ4n) is 2.78. The van der Waals surface area contributed by atoms with Crippen LogP contribution in [0, 0.1) is 13.8 Å². The maximum absolute atomic E-state index is 12.8. The smallest absolute Gasteiger partial charge is 0.267 e. The molecule has 0 aliphatic carbocycles. The van der Waals surface area contributed by atoms with Crippen LogP contribution in [0.1, 0.15) is 20.8 Å². The lowest BCUT2D eigenvalue weighted by Crippen LogP contribution is -2.13. The van der Waals surface area contributed by atoms with E-state index in [0.29, 0.717) is 10.6 Å². The van der Waals surface area contributed by atoms with Crippen LogP contribution in [-0.4, -0.2) is 10.9 Å². The van der Waals surface area contributed by atoms with Gasteiger partial charge < -0.3 is 11.1 Å². The van der Waals surface area contributed by atoms with Crippen molar-refractivity contribution in [3.63, 3.8) is 0 Å². The molecule has 0 aliphatic rings. The summed E-state index contributed by atoms with van der Waals surface area (Å²) < 4.78 is 0. The molecule has 0 fully saturated rings. The normalized spacial score (nSPS) is 11.0. The minimum atomic E-state index is -0.197. The molecule has 3 heterocycles. The molecule has 26 heavy (non-hydrogen) atoms. The number of nitrogens with zero attached hydrogens (tertiary/aromatic N) is 1. The van der Waals surface area contributed by atoms with Crippen LogP contribution in [0.3, 0.4) is 0 Å². The van der Waals surface area contributed by atoms with E-state index in [-0.39, 0.29) is 5.91 Å². The molecule has 0 spiro atoms. The number of hydrogen-bond acceptors (Lipinski definition) is 5. The average Bonchev–Trinajstić information content (AvgIpc) is 3.26. The lowest BCUT2D eigenvalue weighted by Gasteiger charge is -2.08. The Bertz CT molecular complexity index is 1110. The molecule has 4 aromatic rings. The molecule has 0 unspecified atom stereocenters. The largest absolute Gasteiger partial charge is 0.397 e. The van der Waals surface area contributed by atoms with E-state index in [1.165, 1.54) is 11.3 Å². The first-order chi connectivity index (χ1) is 12.5. The van der Waals surface area contributed by atoms with Gasteiger partial charge in [0.1, 0.15) is 9.71 Å². The Morgan fingerprint density at radius 3 is 2.77 bits per heavy atom. The van der Waals surface area contributed by atoms with Crippen LogP contribution >= 0.6 is 22.7 Å². The number of fused-ring (bicyclic) bond motifs is 1. The Morgan fingerprint density at radius 1 is 1.15 bits per heavy atom. The molecule has 3 aromatic heterocycles. The maximum atomic E-state index is 12.8. The van der Waals surface area contributed by atoms with Gasteiger partial charge in [-0.2, -0.15) is 0 Å². The second-order valence-corrected chi connectivity index (χ2v) is 8.09. The van der Waals surface area contributed by atoms with E-state index in [4.69, 9.17) is 5.73 Å². The SMILES string of the molecule is Cc1ccc(C)c(NC(=O)c2sc3nc(-c4cccs4)ccc3c2N)c1. The van der Waals surface area contributed by atoms with Gasteiger partial charge in [-0.05, 0) is 54.6 Å². The molecule has 1 aromatic carbocycles. The lowest BCUT2D eigenvalue weighted by molar-refractivity contribution is 0.103. The van der Waals surface area contributed by atoms with E-state index in [2.05, 4.69) is 10.3 Å². The monoisotopic (exact) mass is 379 g/mol. The molecule has 0 saturated heterocycles. The van der Waals surface area contributed by atoms with E-state index in [0.717, 1.165) is 37.6 Å². The molecule has 130 valence electrons. The van der Waals surface area contributed by atoms with Gasteiger partial charge in [-0.15, -0.1) is 22.7 Å². The molecule has 3 N–H and O–H groups in total. The van der Waals surface area contributed by atoms with Crippen molar-refractivity contribution in [1.82, 2.24) is 4.98 Å². The molecule has 0 bridgehead atoms. The molecule has 4 nitrogen and oxygen atoms in total. The molecule has 0 atom stereocenters. The fourth-order valence-corrected chi connectivity index (χ4v) is 4.46. The minimum Gasteiger partial charge on any atom is -0.397 e. The first-order valence-corrected chi connectivity index (χ1v) is 9.84. The summed E-state index contributed by atoms with van der Waals surface area (Å²) >= 11 is 2.97. The number of carbonyl (C=O) groups is 1. The predicted octanol–water partition coefficient (Wildman–Crippen LogP) is 5.48. The molecule has 4 rings (SSSR count). The van der Waals surface area contributed by atoms with Gasteiger partial charge in [0.05, 0.1) is 16.3 Å². The van der Waals surface area contributed by atoms with Crippen LogP contribution in [0.2, 0.25) is 0 Å². The summed E-state index contributed by atoms with van der Waals surface area (Å²) in [4.78, 5) is 19.8. The Morgan fingerprint density at radius 2 is 2.00 bits per heavy atom. The van der Waals surface area contributed by atoms with E-state index in [1.54, 1.807) is 11.3 Å². The van der Waals surface area contributed by atoms with Crippen molar-refractivity contribution >= 4 is 50.2 Å². The number of pyridine rings is 1. The van der Waals surface area contributed by atoms with Gasteiger partial charge in [0.25, 0.3) is 5.91 Å². The van der Waals surface area contributed by atoms with Crippen LogP contribution in [0.25, 0.3) is 20.8 Å². The number of aryl methyl sites for hydroxylation is 2. The summed E-state index contributed by atoms with van der Waals surface area (Å²) in [6, 6.07) is 13.9. The molecule has 0 aliphatic heterocycles. The molecular formula is C20H17N3OS2. The number of nitrogens with one attached hydrogen (secondary N) is 1. The van der Waals surface area contributed by atoms with Crippen LogP contribution in [-0.2, 0) is 0 Å². The number of benzene rings is 1. The van der Waals surface area contributed by atoms with Crippen molar-refractivity contribution in [3.05, 3.63) is 63.8 Å². The summed E-state index contributed by atoms with van der Waals surface area (Å²) in [6.07, 6.45) is 0. The Kier molecular flexibility index (Phi) is 4.22. The maximum Gasteiger partial charge on any atom is 0.267 e. The number of rotatable bonds is 3. The number of hydrogen-bond donors (Lipinski definition) is 2. The predicted molar refractivity (Wildman–Crippen MR) is 111 cm³/mol. The van der Waals surface area contributed by atoms with Crippen molar-refractivity contribution in [1.29, 1.82) is 0 Å². The van der Waals surface area contributed by atoms with Crippen LogP contribution in [0.5, 0.6) is 0 Å². The number of thiophene rings is 2. The third-order valence-corrected chi connectivity index (χ3v) is 6.22. The zero-order chi connectivity index (χ0) is 18.3. The standard InChI is InChI=1S/C20H17N3OS2/c1-11-5-6-12(2)15(10-11)22-19(24)18-17(21)13-7-8-14(23-20(13)26-18)16-4-3-9-25-16/h3-10H,21H2,1-2H3,(H,22,24). The van der Waals surface area contributed by atoms with Crippen molar-refractivity contribution in [2.45, 2.75) is 13.8 Å². The molecule has 0 saturated carbocycles. The molecule has 0 radical (unpaired) electrons. The van der Waals surface area contributed by atoms with E-state index < -0.39 is 0 Å². The summed E-state index contributed by atoms with van der Waals surface area (Å²) in [6.45, 7) is 3.97. The minimum absolute atomic E-state index is 0.197. The first kappa shape index (κ1) is 16.8. The van der Waals surface area contributed by atoms with Crippen molar-refractivity contribution in [2.24, 2.45) is 0 Å².